The van der Waals surface area contributed by atoms with E-state index in [2.05, 4.69) is 29.7 Å². The Bertz CT molecular complexity index is 705. The number of hydrogen-bond donors (Lipinski definition) is 2. The van der Waals surface area contributed by atoms with E-state index in [1.165, 1.54) is 30.6 Å². The molecule has 4 atom stereocenters. The van der Waals surface area contributed by atoms with Crippen molar-refractivity contribution in [3.8, 4) is 0 Å². The zero-order chi connectivity index (χ0) is 21.8. The fourth-order valence-electron chi connectivity index (χ4n) is 6.10. The summed E-state index contributed by atoms with van der Waals surface area (Å²) in [5.74, 6) is 1.12. The van der Waals surface area contributed by atoms with Gasteiger partial charge < -0.3 is 15.4 Å². The van der Waals surface area contributed by atoms with Crippen molar-refractivity contribution >= 4 is 41.8 Å². The average Bonchev–Trinajstić information content (AvgIpc) is 3.54. The van der Waals surface area contributed by atoms with Crippen LogP contribution in [0.25, 0.3) is 0 Å². The Morgan fingerprint density at radius 3 is 2.38 bits per heavy atom. The highest BCUT2D eigenvalue weighted by Gasteiger charge is 2.58. The third-order valence-electron chi connectivity index (χ3n) is 7.75. The molecule has 0 aromatic heterocycles. The number of likely N-dealkylation sites (tertiary alicyclic amines) is 1. The van der Waals surface area contributed by atoms with Gasteiger partial charge in [0.05, 0.1) is 11.8 Å². The molecule has 2 N–H and O–H groups in total. The van der Waals surface area contributed by atoms with Crippen molar-refractivity contribution in [1.29, 1.82) is 0 Å². The summed E-state index contributed by atoms with van der Waals surface area (Å²) >= 11 is 0. The van der Waals surface area contributed by atoms with Crippen LogP contribution in [0.2, 0.25) is 0 Å². The number of halogens is 1. The number of hydrogen-bond acceptors (Lipinski definition) is 4. The number of ether oxygens (including phenoxy) is 1. The van der Waals surface area contributed by atoms with E-state index < -0.39 is 0 Å². The summed E-state index contributed by atoms with van der Waals surface area (Å²) in [5, 5.41) is 6.66. The minimum Gasteiger partial charge on any atom is -0.382 e. The molecule has 8 heteroatoms. The zero-order valence-electron chi connectivity index (χ0n) is 19.5. The van der Waals surface area contributed by atoms with Crippen molar-refractivity contribution < 1.29 is 14.3 Å². The SMILES string of the molecule is CCNC(=NCC1(CCOCC)CCCC1)NCCN1C(=O)C2C3C=CC(C3)C2C1=O.I. The minimum atomic E-state index is -0.114. The van der Waals surface area contributed by atoms with Gasteiger partial charge in [-0.25, -0.2) is 0 Å². The van der Waals surface area contributed by atoms with Crippen LogP contribution in [0.1, 0.15) is 52.4 Å². The molecule has 32 heavy (non-hydrogen) atoms. The molecule has 2 bridgehead atoms. The summed E-state index contributed by atoms with van der Waals surface area (Å²) < 4.78 is 5.61. The van der Waals surface area contributed by atoms with Crippen LogP contribution in [0, 0.1) is 29.1 Å². The number of carbonyl (C=O) groups is 2. The van der Waals surface area contributed by atoms with Gasteiger partial charge >= 0.3 is 0 Å². The topological polar surface area (TPSA) is 83.0 Å². The van der Waals surface area contributed by atoms with Gasteiger partial charge in [0.2, 0.25) is 11.8 Å². The molecule has 7 nitrogen and oxygen atoms in total. The van der Waals surface area contributed by atoms with Crippen LogP contribution in [0.15, 0.2) is 17.1 Å². The number of allylic oxidation sites excluding steroid dienone is 2. The molecule has 0 radical (unpaired) electrons. The Kier molecular flexibility index (Phi) is 9.00. The molecule has 4 rings (SSSR count). The van der Waals surface area contributed by atoms with Gasteiger partial charge in [0.15, 0.2) is 5.96 Å². The maximum atomic E-state index is 12.8. The zero-order valence-corrected chi connectivity index (χ0v) is 21.8. The third-order valence-corrected chi connectivity index (χ3v) is 7.75. The van der Waals surface area contributed by atoms with Gasteiger partial charge in [-0.3, -0.25) is 19.5 Å². The lowest BCUT2D eigenvalue weighted by atomic mass is 9.83. The highest BCUT2D eigenvalue weighted by atomic mass is 127. The molecule has 4 aliphatic rings. The van der Waals surface area contributed by atoms with Crippen molar-refractivity contribution in [3.05, 3.63) is 12.2 Å². The van der Waals surface area contributed by atoms with E-state index in [0.717, 1.165) is 45.1 Å². The average molecular weight is 559 g/mol. The maximum Gasteiger partial charge on any atom is 0.233 e. The lowest BCUT2D eigenvalue weighted by molar-refractivity contribution is -0.140. The van der Waals surface area contributed by atoms with Crippen LogP contribution < -0.4 is 10.6 Å². The van der Waals surface area contributed by atoms with Gasteiger partial charge in [-0.05, 0) is 56.8 Å². The fraction of sp³-hybridized carbons (Fsp3) is 0.792. The van der Waals surface area contributed by atoms with E-state index in [0.29, 0.717) is 13.1 Å². The number of fused-ring (bicyclic) bond motifs is 5. The van der Waals surface area contributed by atoms with Crippen LogP contribution >= 0.6 is 24.0 Å². The van der Waals surface area contributed by atoms with E-state index in [9.17, 15) is 9.59 Å². The number of nitrogens with one attached hydrogen (secondary N) is 2. The second-order valence-electron chi connectivity index (χ2n) is 9.60. The number of amides is 2. The third kappa shape index (κ3) is 5.16. The molecule has 0 aromatic carbocycles. The van der Waals surface area contributed by atoms with Gasteiger partial charge in [0.1, 0.15) is 0 Å². The summed E-state index contributed by atoms with van der Waals surface area (Å²) in [7, 11) is 0. The molecule has 2 saturated carbocycles. The number of guanidine groups is 1. The number of carbonyl (C=O) groups excluding carboxylic acids is 2. The Morgan fingerprint density at radius 1 is 1.12 bits per heavy atom. The van der Waals surface area contributed by atoms with E-state index in [1.54, 1.807) is 0 Å². The maximum absolute atomic E-state index is 12.8. The standard InChI is InChI=1S/C24H38N4O3.HI/c1-3-25-23(27-16-24(9-5-6-10-24)11-14-31-4-2)26-12-13-28-21(29)19-17-7-8-18(15-17)20(19)22(28)30;/h7-8,17-20H,3-6,9-16H2,1-2H3,(H2,25,26,27);1H. The predicted octanol–water partition coefficient (Wildman–Crippen LogP) is 2.95. The Balaban J connectivity index is 0.00000289. The van der Waals surface area contributed by atoms with Crippen LogP contribution in [0.4, 0.5) is 0 Å². The first-order chi connectivity index (χ1) is 15.1. The first-order valence-corrected chi connectivity index (χ1v) is 12.2. The number of imide groups is 1. The molecule has 0 spiro atoms. The van der Waals surface area contributed by atoms with Gasteiger partial charge in [0, 0.05) is 39.4 Å². The Labute approximate surface area is 209 Å². The van der Waals surface area contributed by atoms with Crippen LogP contribution in [-0.4, -0.2) is 62.1 Å². The molecule has 0 aromatic rings. The predicted molar refractivity (Wildman–Crippen MR) is 136 cm³/mol. The molecular weight excluding hydrogens is 519 g/mol. The van der Waals surface area contributed by atoms with Gasteiger partial charge in [-0.15, -0.1) is 24.0 Å². The normalized spacial score (nSPS) is 30.1. The van der Waals surface area contributed by atoms with Gasteiger partial charge in [-0.2, -0.15) is 0 Å². The van der Waals surface area contributed by atoms with Crippen molar-refractivity contribution in [2.24, 2.45) is 34.1 Å². The minimum absolute atomic E-state index is 0. The summed E-state index contributed by atoms with van der Waals surface area (Å²) in [6, 6.07) is 0. The van der Waals surface area contributed by atoms with Crippen molar-refractivity contribution in [1.82, 2.24) is 15.5 Å². The summed E-state index contributed by atoms with van der Waals surface area (Å²) in [5.41, 5.74) is 0.238. The van der Waals surface area contributed by atoms with Crippen molar-refractivity contribution in [3.63, 3.8) is 0 Å². The van der Waals surface area contributed by atoms with Crippen molar-refractivity contribution in [2.45, 2.75) is 52.4 Å². The van der Waals surface area contributed by atoms with Crippen LogP contribution in [-0.2, 0) is 14.3 Å². The molecule has 1 heterocycles. The number of aliphatic imine (C=N–C) groups is 1. The summed E-state index contributed by atoms with van der Waals surface area (Å²) in [6.07, 6.45) is 11.3. The smallest absolute Gasteiger partial charge is 0.233 e. The Hall–Kier alpha value is -1.16. The largest absolute Gasteiger partial charge is 0.382 e. The second-order valence-corrected chi connectivity index (χ2v) is 9.60. The summed E-state index contributed by atoms with van der Waals surface area (Å²) in [4.78, 5) is 32.0. The molecule has 2 amide bonds. The number of rotatable bonds is 10. The van der Waals surface area contributed by atoms with E-state index in [4.69, 9.17) is 9.73 Å². The van der Waals surface area contributed by atoms with Crippen molar-refractivity contribution in [2.75, 3.05) is 39.4 Å². The molecule has 3 aliphatic carbocycles. The van der Waals surface area contributed by atoms with E-state index in [-0.39, 0.29) is 64.9 Å². The first kappa shape index (κ1) is 25.5. The van der Waals surface area contributed by atoms with Crippen LogP contribution in [0.5, 0.6) is 0 Å². The summed E-state index contributed by atoms with van der Waals surface area (Å²) in [6.45, 7) is 8.15. The highest BCUT2D eigenvalue weighted by molar-refractivity contribution is 14.0. The highest BCUT2D eigenvalue weighted by Crippen LogP contribution is 2.52. The van der Waals surface area contributed by atoms with Gasteiger partial charge in [0.25, 0.3) is 0 Å². The quantitative estimate of drug-likeness (QED) is 0.108. The Morgan fingerprint density at radius 2 is 1.78 bits per heavy atom. The van der Waals surface area contributed by atoms with E-state index >= 15 is 0 Å². The first-order valence-electron chi connectivity index (χ1n) is 12.2. The molecule has 4 unspecified atom stereocenters. The van der Waals surface area contributed by atoms with Gasteiger partial charge in [-0.1, -0.05) is 25.0 Å². The molecule has 1 saturated heterocycles. The monoisotopic (exact) mass is 558 g/mol. The van der Waals surface area contributed by atoms with E-state index in [1.807, 2.05) is 6.92 Å². The molecule has 3 fully saturated rings. The van der Waals surface area contributed by atoms with Crippen LogP contribution in [0.3, 0.4) is 0 Å². The fourth-order valence-corrected chi connectivity index (χ4v) is 6.10. The number of nitrogens with zero attached hydrogens (tertiary/aromatic N) is 2. The molecule has 1 aliphatic heterocycles. The molecular formula is C24H39IN4O3. The second kappa shape index (κ2) is 11.3. The lowest BCUT2D eigenvalue weighted by Crippen LogP contribution is -2.44. The lowest BCUT2D eigenvalue weighted by Gasteiger charge is -2.27. The molecule has 180 valence electrons.